The van der Waals surface area contributed by atoms with Crippen molar-refractivity contribution in [3.63, 3.8) is 0 Å². The normalized spacial score (nSPS) is 18.9. The third-order valence-electron chi connectivity index (χ3n) is 1.94. The molecule has 0 saturated heterocycles. The number of benzene rings is 1. The van der Waals surface area contributed by atoms with Crippen LogP contribution in [0.4, 0.5) is 0 Å². The van der Waals surface area contributed by atoms with Crippen LogP contribution in [0.25, 0.3) is 0 Å². The second-order valence-electron chi connectivity index (χ2n) is 2.67. The molecule has 1 aliphatic heterocycles. The molecule has 80 valence electrons. The molecule has 0 amide bonds. The first-order valence-corrected chi connectivity index (χ1v) is 3.82. The molecule has 0 radical (unpaired) electrons. The minimum atomic E-state index is -0.230. The van der Waals surface area contributed by atoms with Gasteiger partial charge in [0.15, 0.2) is 5.75 Å². The summed E-state index contributed by atoms with van der Waals surface area (Å²) in [5.74, 6) is 0.801. The predicted octanol–water partition coefficient (Wildman–Crippen LogP) is 1.01. The van der Waals surface area contributed by atoms with Crippen LogP contribution in [0.1, 0.15) is 11.7 Å². The van der Waals surface area contributed by atoms with E-state index in [1.165, 1.54) is 0 Å². The van der Waals surface area contributed by atoms with E-state index in [0.29, 0.717) is 6.67 Å². The zero-order valence-electron chi connectivity index (χ0n) is 7.42. The van der Waals surface area contributed by atoms with E-state index in [9.17, 15) is 0 Å². The molecule has 1 aromatic rings. The summed E-state index contributed by atoms with van der Waals surface area (Å²) in [6, 6.07) is 7.66. The van der Waals surface area contributed by atoms with Crippen LogP contribution in [0, 0.1) is 0 Å². The summed E-state index contributed by atoms with van der Waals surface area (Å²) in [5, 5.41) is 1.55. The van der Waals surface area contributed by atoms with Gasteiger partial charge in [-0.25, -0.2) is 0 Å². The largest absolute Gasteiger partial charge is 0.402 e. The van der Waals surface area contributed by atoms with Crippen molar-refractivity contribution in [2.75, 3.05) is 6.67 Å². The van der Waals surface area contributed by atoms with Crippen LogP contribution in [0.5, 0.6) is 5.75 Å². The number of rotatable bonds is 1. The van der Waals surface area contributed by atoms with Gasteiger partial charge in [0.1, 0.15) is 6.17 Å². The average molecular weight is 238 g/mol. The molecule has 14 heavy (non-hydrogen) atoms. The van der Waals surface area contributed by atoms with E-state index in [2.05, 4.69) is 0 Å². The highest BCUT2D eigenvalue weighted by Crippen LogP contribution is 2.32. The molecule has 1 aromatic carbocycles. The Morgan fingerprint density at radius 2 is 1.93 bits per heavy atom. The molecule has 1 heterocycles. The van der Waals surface area contributed by atoms with E-state index < -0.39 is 0 Å². The van der Waals surface area contributed by atoms with Crippen LogP contribution in [0.2, 0.25) is 0 Å². The van der Waals surface area contributed by atoms with Crippen molar-refractivity contribution in [3.8, 4) is 5.75 Å². The van der Waals surface area contributed by atoms with Gasteiger partial charge in [-0.15, -0.1) is 29.9 Å². The maximum atomic E-state index is 5.82. The van der Waals surface area contributed by atoms with Crippen LogP contribution in [-0.2, 0) is 0 Å². The molecular formula is C8H13Cl2N3O. The Labute approximate surface area is 95.0 Å². The van der Waals surface area contributed by atoms with Gasteiger partial charge in [-0.05, 0) is 6.07 Å². The Morgan fingerprint density at radius 1 is 1.29 bits per heavy atom. The van der Waals surface area contributed by atoms with Crippen LogP contribution in [0.3, 0.4) is 0 Å². The Bertz CT molecular complexity index is 298. The number of nitrogens with two attached hydrogens (primary N) is 2. The lowest BCUT2D eigenvalue weighted by atomic mass is 10.2. The molecule has 0 aromatic heterocycles. The summed E-state index contributed by atoms with van der Waals surface area (Å²) >= 11 is 0. The second-order valence-corrected chi connectivity index (χ2v) is 2.67. The van der Waals surface area contributed by atoms with Crippen LogP contribution < -0.4 is 16.3 Å². The van der Waals surface area contributed by atoms with Gasteiger partial charge < -0.3 is 16.3 Å². The fourth-order valence-corrected chi connectivity index (χ4v) is 1.30. The number of hydrogen-bond acceptors (Lipinski definition) is 4. The summed E-state index contributed by atoms with van der Waals surface area (Å²) in [5.41, 5.74) is 12.2. The quantitative estimate of drug-likeness (QED) is 0.766. The highest BCUT2D eigenvalue weighted by molar-refractivity contribution is 5.85. The molecule has 1 aliphatic rings. The van der Waals surface area contributed by atoms with Gasteiger partial charge >= 0.3 is 0 Å². The third-order valence-corrected chi connectivity index (χ3v) is 1.94. The molecule has 0 saturated carbocycles. The first-order valence-electron chi connectivity index (χ1n) is 3.82. The number of hydrogen-bond donors (Lipinski definition) is 2. The Morgan fingerprint density at radius 3 is 2.50 bits per heavy atom. The van der Waals surface area contributed by atoms with Gasteiger partial charge in [0.2, 0.25) is 0 Å². The smallest absolute Gasteiger partial charge is 0.153 e. The Balaban J connectivity index is 0.000000845. The second kappa shape index (κ2) is 5.38. The zero-order valence-corrected chi connectivity index (χ0v) is 9.05. The van der Waals surface area contributed by atoms with E-state index in [4.69, 9.17) is 16.3 Å². The minimum absolute atomic E-state index is 0. The molecule has 0 bridgehead atoms. The molecule has 6 heteroatoms. The predicted molar refractivity (Wildman–Crippen MR) is 59.4 cm³/mol. The SMILES string of the molecule is Cl.Cl.NCN1Oc2ccccc2C1N. The van der Waals surface area contributed by atoms with Crippen molar-refractivity contribution in [2.24, 2.45) is 11.5 Å². The summed E-state index contributed by atoms with van der Waals surface area (Å²) in [7, 11) is 0. The molecule has 1 atom stereocenters. The molecule has 4 nitrogen and oxygen atoms in total. The highest BCUT2D eigenvalue weighted by atomic mass is 35.5. The monoisotopic (exact) mass is 237 g/mol. The number of nitrogens with zero attached hydrogens (tertiary/aromatic N) is 1. The molecule has 0 aliphatic carbocycles. The maximum Gasteiger partial charge on any atom is 0.153 e. The molecule has 1 unspecified atom stereocenters. The lowest BCUT2D eigenvalue weighted by molar-refractivity contribution is -0.0671. The van der Waals surface area contributed by atoms with Crippen molar-refractivity contribution in [1.29, 1.82) is 0 Å². The van der Waals surface area contributed by atoms with Crippen LogP contribution in [-0.4, -0.2) is 11.7 Å². The topological polar surface area (TPSA) is 64.5 Å². The molecule has 4 N–H and O–H groups in total. The van der Waals surface area contributed by atoms with Crippen molar-refractivity contribution in [1.82, 2.24) is 5.06 Å². The van der Waals surface area contributed by atoms with E-state index in [-0.39, 0.29) is 31.0 Å². The van der Waals surface area contributed by atoms with Gasteiger partial charge in [-0.2, -0.15) is 0 Å². The minimum Gasteiger partial charge on any atom is -0.402 e. The average Bonchev–Trinajstić information content (AvgIpc) is 2.44. The van der Waals surface area contributed by atoms with E-state index in [1.807, 2.05) is 24.3 Å². The van der Waals surface area contributed by atoms with Crippen molar-refractivity contribution >= 4 is 24.8 Å². The molecule has 0 fully saturated rings. The lowest BCUT2D eigenvalue weighted by Gasteiger charge is -2.15. The van der Waals surface area contributed by atoms with Crippen LogP contribution in [0.15, 0.2) is 24.3 Å². The van der Waals surface area contributed by atoms with Crippen molar-refractivity contribution in [3.05, 3.63) is 29.8 Å². The third kappa shape index (κ3) is 2.10. The van der Waals surface area contributed by atoms with Crippen molar-refractivity contribution in [2.45, 2.75) is 6.17 Å². The zero-order chi connectivity index (χ0) is 8.55. The number of hydroxylamine groups is 2. The fourth-order valence-electron chi connectivity index (χ4n) is 1.30. The first-order chi connectivity index (χ1) is 5.83. The van der Waals surface area contributed by atoms with Gasteiger partial charge in [0.05, 0.1) is 6.67 Å². The van der Waals surface area contributed by atoms with Gasteiger partial charge in [0, 0.05) is 5.56 Å². The van der Waals surface area contributed by atoms with E-state index >= 15 is 0 Å². The highest BCUT2D eigenvalue weighted by Gasteiger charge is 2.27. The standard InChI is InChI=1S/C8H11N3O.2ClH/c9-5-11-8(10)6-3-1-2-4-7(6)12-11;;/h1-4,8H,5,9-10H2;2*1H. The van der Waals surface area contributed by atoms with Crippen LogP contribution >= 0.6 is 24.8 Å². The molecular weight excluding hydrogens is 225 g/mol. The number of halogens is 2. The number of fused-ring (bicyclic) bond motifs is 1. The summed E-state index contributed by atoms with van der Waals surface area (Å²) < 4.78 is 0. The van der Waals surface area contributed by atoms with Crippen molar-refractivity contribution < 1.29 is 4.84 Å². The summed E-state index contributed by atoms with van der Waals surface area (Å²) in [6.07, 6.45) is -0.230. The Hall–Kier alpha value is -0.520. The van der Waals surface area contributed by atoms with E-state index in [1.54, 1.807) is 5.06 Å². The molecule has 2 rings (SSSR count). The number of para-hydroxylation sites is 1. The first kappa shape index (κ1) is 13.5. The van der Waals surface area contributed by atoms with Gasteiger partial charge in [-0.1, -0.05) is 18.2 Å². The lowest BCUT2D eigenvalue weighted by Crippen LogP contribution is -2.36. The fraction of sp³-hybridized carbons (Fsp3) is 0.250. The van der Waals surface area contributed by atoms with E-state index in [0.717, 1.165) is 11.3 Å². The van der Waals surface area contributed by atoms with Gasteiger partial charge in [-0.3, -0.25) is 0 Å². The summed E-state index contributed by atoms with van der Waals surface area (Å²) in [4.78, 5) is 5.35. The Kier molecular flexibility index (Phi) is 5.18. The maximum absolute atomic E-state index is 5.82. The molecule has 0 spiro atoms. The van der Waals surface area contributed by atoms with Gasteiger partial charge in [0.25, 0.3) is 0 Å². The summed E-state index contributed by atoms with van der Waals surface area (Å²) in [6.45, 7) is 0.301.